The van der Waals surface area contributed by atoms with Gasteiger partial charge in [0.1, 0.15) is 12.1 Å². The lowest BCUT2D eigenvalue weighted by Gasteiger charge is -2.39. The number of likely N-dealkylation sites (tertiary alicyclic amines) is 1. The van der Waals surface area contributed by atoms with E-state index in [1.54, 1.807) is 0 Å². The lowest BCUT2D eigenvalue weighted by atomic mass is 9.85. The smallest absolute Gasteiger partial charge is 0.315 e. The van der Waals surface area contributed by atoms with Crippen molar-refractivity contribution in [1.82, 2.24) is 30.5 Å². The molecular formula is C35H65N7O7S+2. The molecule has 1 heterocycles. The van der Waals surface area contributed by atoms with Gasteiger partial charge in [-0.25, -0.2) is 4.79 Å². The number of ketones is 1. The predicted octanol–water partition coefficient (Wildman–Crippen LogP) is 1.11. The SMILES string of the molecule is C=CCNC(=O)C(=O)C(CCCC)NC(=O)[C@@H]1[C@@H]2[C@H](CN1C(=O)[C@@H](NC(=O)N[C@H](CN(CCC[NH2+]C)[SH+](=O)O)C(C)(C)C)C(C)(C)C)C2(C)C. The van der Waals surface area contributed by atoms with E-state index in [0.717, 1.165) is 13.0 Å². The van der Waals surface area contributed by atoms with E-state index < -0.39 is 75.8 Å². The number of amides is 5. The third-order valence-corrected chi connectivity index (χ3v) is 11.0. The summed E-state index contributed by atoms with van der Waals surface area (Å²) in [7, 11) is 1.93. The summed E-state index contributed by atoms with van der Waals surface area (Å²) in [4.78, 5) is 69.3. The quantitative estimate of drug-likeness (QED) is 0.0377. The zero-order valence-corrected chi connectivity index (χ0v) is 32.8. The van der Waals surface area contributed by atoms with Gasteiger partial charge in [0, 0.05) is 19.5 Å². The summed E-state index contributed by atoms with van der Waals surface area (Å²) in [5.41, 5.74) is -1.45. The molecule has 0 aromatic rings. The van der Waals surface area contributed by atoms with Crippen LogP contribution in [0, 0.1) is 28.1 Å². The van der Waals surface area contributed by atoms with Crippen LogP contribution in [0.2, 0.25) is 0 Å². The first-order chi connectivity index (χ1) is 23.1. The molecule has 0 aromatic carbocycles. The summed E-state index contributed by atoms with van der Waals surface area (Å²) in [6, 6.07) is -4.09. The number of unbranched alkanes of at least 4 members (excludes halogenated alkanes) is 1. The molecule has 50 heavy (non-hydrogen) atoms. The third kappa shape index (κ3) is 11.3. The highest BCUT2D eigenvalue weighted by Crippen LogP contribution is 2.65. The Morgan fingerprint density at radius 3 is 2.22 bits per heavy atom. The predicted molar refractivity (Wildman–Crippen MR) is 195 cm³/mol. The Bertz CT molecular complexity index is 1260. The number of piperidine rings is 1. The van der Waals surface area contributed by atoms with Crippen LogP contribution in [0.3, 0.4) is 0 Å². The molecule has 1 saturated heterocycles. The molecule has 2 rings (SSSR count). The molecule has 0 aromatic heterocycles. The summed E-state index contributed by atoms with van der Waals surface area (Å²) in [6.45, 7) is 22.6. The van der Waals surface area contributed by atoms with Crippen LogP contribution >= 0.6 is 0 Å². The second kappa shape index (κ2) is 18.1. The number of hydrogen-bond acceptors (Lipinski definition) is 6. The Morgan fingerprint density at radius 2 is 1.70 bits per heavy atom. The van der Waals surface area contributed by atoms with E-state index in [-0.39, 0.29) is 36.8 Å². The highest BCUT2D eigenvalue weighted by atomic mass is 32.2. The van der Waals surface area contributed by atoms with Crippen molar-refractivity contribution >= 4 is 40.8 Å². The van der Waals surface area contributed by atoms with Crippen molar-refractivity contribution in [3.05, 3.63) is 12.7 Å². The number of nitrogens with zero attached hydrogens (tertiary/aromatic N) is 2. The summed E-state index contributed by atoms with van der Waals surface area (Å²) >= 11 is -2.63. The van der Waals surface area contributed by atoms with Gasteiger partial charge in [0.25, 0.3) is 17.2 Å². The largest absolute Gasteiger partial charge is 0.349 e. The number of fused-ring (bicyclic) bond motifs is 1. The highest BCUT2D eigenvalue weighted by molar-refractivity contribution is 7.76. The number of carbonyl (C=O) groups excluding carboxylic acids is 5. The lowest BCUT2D eigenvalue weighted by molar-refractivity contribution is -0.627. The minimum absolute atomic E-state index is 0.0550. The van der Waals surface area contributed by atoms with Crippen molar-refractivity contribution in [3.63, 3.8) is 0 Å². The monoisotopic (exact) mass is 727 g/mol. The molecule has 1 aliphatic carbocycles. The van der Waals surface area contributed by atoms with Crippen LogP contribution in [0.4, 0.5) is 4.79 Å². The Morgan fingerprint density at radius 1 is 1.06 bits per heavy atom. The Labute approximate surface area is 301 Å². The Balaban J connectivity index is 2.32. The normalized spacial score (nSPS) is 22.1. The van der Waals surface area contributed by atoms with Gasteiger partial charge in [0.15, 0.2) is 0 Å². The maximum atomic E-state index is 14.4. The summed E-state index contributed by atoms with van der Waals surface area (Å²) in [5, 5.41) is 13.1. The Kier molecular flexibility index (Phi) is 15.6. The van der Waals surface area contributed by atoms with Gasteiger partial charge < -0.3 is 31.5 Å². The topological polar surface area (TPSA) is 194 Å². The molecule has 14 nitrogen and oxygen atoms in total. The van der Waals surface area contributed by atoms with Crippen LogP contribution in [0.15, 0.2) is 12.7 Å². The second-order valence-corrected chi connectivity index (χ2v) is 17.6. The number of urea groups is 1. The van der Waals surface area contributed by atoms with Crippen LogP contribution in [0.1, 0.15) is 88.0 Å². The number of quaternary nitrogens is 1. The molecule has 7 N–H and O–H groups in total. The molecule has 0 radical (unpaired) electrons. The van der Waals surface area contributed by atoms with Crippen molar-refractivity contribution in [2.75, 3.05) is 39.8 Å². The van der Waals surface area contributed by atoms with E-state index in [4.69, 9.17) is 0 Å². The molecule has 1 saturated carbocycles. The highest BCUT2D eigenvalue weighted by Gasteiger charge is 2.70. The standard InChI is InChI=1S/C35H63N7O7S/c1-12-14-16-23(27(43)30(45)37-17-13-2)38-29(44)26-25-22(35(25,9)10)20-42(26)31(46)28(34(6,7)8)40-32(47)39-24(33(3,4)5)21-41(50(48)49)19-15-18-36-11/h13,22-26,28,36H,2,12,14-21H2,1,3-11H3,(H,37,45)(H,38,44)(H,48,49)(H2,39,40,47)/p+2/t22-,23?,24+,25-,26-,28+/m0/s1. The Hall–Kier alpha value is -2.88. The number of thiol groups is 1. The van der Waals surface area contributed by atoms with Gasteiger partial charge in [-0.05, 0) is 38.7 Å². The molecule has 0 spiro atoms. The first-order valence-electron chi connectivity index (χ1n) is 17.9. The molecule has 2 aliphatic rings. The molecular weight excluding hydrogens is 662 g/mol. The first kappa shape index (κ1) is 43.3. The molecule has 5 amide bonds. The van der Waals surface area contributed by atoms with Gasteiger partial charge in [-0.2, -0.15) is 4.55 Å². The van der Waals surface area contributed by atoms with Crippen LogP contribution in [-0.4, -0.2) is 107 Å². The summed E-state index contributed by atoms with van der Waals surface area (Å²) < 4.78 is 23.6. The van der Waals surface area contributed by atoms with Gasteiger partial charge in [-0.1, -0.05) is 85.5 Å². The van der Waals surface area contributed by atoms with E-state index in [9.17, 15) is 32.7 Å². The molecule has 286 valence electrons. The molecule has 2 fully saturated rings. The number of hydrogen-bond donors (Lipinski definition) is 6. The average Bonchev–Trinajstić information content (AvgIpc) is 3.32. The third-order valence-electron chi connectivity index (χ3n) is 10.2. The van der Waals surface area contributed by atoms with Crippen LogP contribution in [0.5, 0.6) is 0 Å². The lowest BCUT2D eigenvalue weighted by Crippen LogP contribution is -2.79. The minimum atomic E-state index is -2.63. The van der Waals surface area contributed by atoms with Crippen LogP contribution in [0.25, 0.3) is 0 Å². The van der Waals surface area contributed by atoms with E-state index in [1.165, 1.54) is 15.3 Å². The van der Waals surface area contributed by atoms with Crippen molar-refractivity contribution in [1.29, 1.82) is 0 Å². The fraction of sp³-hybridized carbons (Fsp3) is 0.800. The molecule has 0 bridgehead atoms. The molecule has 15 heteroatoms. The summed E-state index contributed by atoms with van der Waals surface area (Å²) in [6.07, 6.45) is 3.80. The number of rotatable bonds is 19. The fourth-order valence-electron chi connectivity index (χ4n) is 6.77. The zero-order chi connectivity index (χ0) is 38.2. The van der Waals surface area contributed by atoms with Gasteiger partial charge >= 0.3 is 6.03 Å². The molecule has 1 aliphatic heterocycles. The van der Waals surface area contributed by atoms with Crippen LogP contribution < -0.4 is 26.6 Å². The van der Waals surface area contributed by atoms with E-state index in [0.29, 0.717) is 25.9 Å². The first-order valence-corrected chi connectivity index (χ1v) is 19.1. The van der Waals surface area contributed by atoms with Gasteiger partial charge in [0.05, 0.1) is 38.8 Å². The zero-order valence-electron chi connectivity index (χ0n) is 31.9. The number of nitrogens with two attached hydrogens (primary N) is 1. The summed E-state index contributed by atoms with van der Waals surface area (Å²) in [5.74, 6) is -2.56. The van der Waals surface area contributed by atoms with Gasteiger partial charge in [-0.15, -0.1) is 6.58 Å². The van der Waals surface area contributed by atoms with E-state index >= 15 is 0 Å². The van der Waals surface area contributed by atoms with E-state index in [1.807, 2.05) is 60.8 Å². The maximum Gasteiger partial charge on any atom is 0.315 e. The van der Waals surface area contributed by atoms with Gasteiger partial charge in [-0.3, -0.25) is 19.2 Å². The number of Topliss-reactive ketones (excluding diaryl/α,β-unsaturated/α-hetero) is 1. The second-order valence-electron chi connectivity index (χ2n) is 16.5. The van der Waals surface area contributed by atoms with Crippen LogP contribution in [-0.2, 0) is 34.7 Å². The minimum Gasteiger partial charge on any atom is -0.349 e. The van der Waals surface area contributed by atoms with Gasteiger partial charge in [0.2, 0.25) is 17.6 Å². The molecule has 2 unspecified atom stereocenters. The molecule has 7 atom stereocenters. The number of nitrogens with one attached hydrogen (secondary N) is 4. The average molecular weight is 728 g/mol. The van der Waals surface area contributed by atoms with Crippen molar-refractivity contribution < 1.29 is 38.1 Å². The number of carbonyl (C=O) groups is 5. The maximum absolute atomic E-state index is 14.4. The van der Waals surface area contributed by atoms with E-state index in [2.05, 4.69) is 41.7 Å². The fourth-order valence-corrected chi connectivity index (χ4v) is 7.39. The van der Waals surface area contributed by atoms with Crippen molar-refractivity contribution in [3.8, 4) is 0 Å². The van der Waals surface area contributed by atoms with Crippen molar-refractivity contribution in [2.45, 2.75) is 112 Å². The van der Waals surface area contributed by atoms with Crippen molar-refractivity contribution in [2.24, 2.45) is 28.1 Å².